The van der Waals surface area contributed by atoms with Crippen molar-refractivity contribution in [3.05, 3.63) is 49.8 Å². The minimum Gasteiger partial charge on any atom is -0.321 e. The lowest BCUT2D eigenvalue weighted by atomic mass is 10.1. The lowest BCUT2D eigenvalue weighted by Gasteiger charge is -2.13. The van der Waals surface area contributed by atoms with Crippen molar-refractivity contribution in [1.82, 2.24) is 4.57 Å². The minimum atomic E-state index is -4.73. The number of non-ortho nitro benzene ring substituents is 1. The summed E-state index contributed by atoms with van der Waals surface area (Å²) >= 11 is 1.28. The smallest absolute Gasteiger partial charge is 0.321 e. The molecule has 0 spiro atoms. The Morgan fingerprint density at radius 1 is 1.22 bits per heavy atom. The van der Waals surface area contributed by atoms with Crippen molar-refractivity contribution < 1.29 is 18.1 Å². The lowest BCUT2D eigenvalue weighted by molar-refractivity contribution is -0.385. The molecule has 0 radical (unpaired) electrons. The number of alkyl halides is 3. The summed E-state index contributed by atoms with van der Waals surface area (Å²) in [6.07, 6.45) is -3.93. The van der Waals surface area contributed by atoms with Crippen molar-refractivity contribution in [3.63, 3.8) is 0 Å². The van der Waals surface area contributed by atoms with Gasteiger partial charge in [0, 0.05) is 29.8 Å². The molecule has 1 heterocycles. The maximum atomic E-state index is 13.4. The molecular formula is C18H22F3N3O2S. The Balaban J connectivity index is 2.64. The van der Waals surface area contributed by atoms with E-state index in [1.54, 1.807) is 0 Å². The Labute approximate surface area is 159 Å². The van der Waals surface area contributed by atoms with Gasteiger partial charge < -0.3 is 4.57 Å². The Hall–Kier alpha value is -2.16. The monoisotopic (exact) mass is 401 g/mol. The van der Waals surface area contributed by atoms with Crippen LogP contribution in [0.4, 0.5) is 24.5 Å². The molecule has 0 saturated heterocycles. The summed E-state index contributed by atoms with van der Waals surface area (Å²) in [6, 6.07) is 2.64. The van der Waals surface area contributed by atoms with Crippen LogP contribution < -0.4 is 4.80 Å². The Morgan fingerprint density at radius 2 is 1.89 bits per heavy atom. The summed E-state index contributed by atoms with van der Waals surface area (Å²) in [5.74, 6) is 0.694. The molecule has 0 amide bonds. The van der Waals surface area contributed by atoms with Gasteiger partial charge in [0.1, 0.15) is 0 Å². The Kier molecular flexibility index (Phi) is 6.46. The van der Waals surface area contributed by atoms with Gasteiger partial charge >= 0.3 is 6.18 Å². The number of rotatable bonds is 6. The number of aromatic nitrogens is 1. The first kappa shape index (κ1) is 21.1. The van der Waals surface area contributed by atoms with Gasteiger partial charge in [-0.05, 0) is 24.3 Å². The number of nitro groups is 1. The normalized spacial score (nSPS) is 13.0. The number of nitrogens with zero attached hydrogens (tertiary/aromatic N) is 3. The van der Waals surface area contributed by atoms with E-state index in [1.165, 1.54) is 11.3 Å². The van der Waals surface area contributed by atoms with Crippen LogP contribution in [0.1, 0.15) is 39.0 Å². The summed E-state index contributed by atoms with van der Waals surface area (Å²) in [7, 11) is 0. The molecule has 9 heteroatoms. The third-order valence-electron chi connectivity index (χ3n) is 3.76. The van der Waals surface area contributed by atoms with Gasteiger partial charge in [-0.1, -0.05) is 27.7 Å². The number of nitro benzene ring substituents is 1. The maximum Gasteiger partial charge on any atom is 0.418 e. The van der Waals surface area contributed by atoms with Gasteiger partial charge in [0.15, 0.2) is 4.80 Å². The minimum absolute atomic E-state index is 0.295. The molecule has 0 unspecified atom stereocenters. The van der Waals surface area contributed by atoms with Crippen LogP contribution in [-0.4, -0.2) is 9.49 Å². The van der Waals surface area contributed by atoms with E-state index in [4.69, 9.17) is 0 Å². The predicted molar refractivity (Wildman–Crippen MR) is 99.0 cm³/mol. The van der Waals surface area contributed by atoms with E-state index < -0.39 is 22.4 Å². The molecule has 27 heavy (non-hydrogen) atoms. The first-order valence-electron chi connectivity index (χ1n) is 8.56. The van der Waals surface area contributed by atoms with Crippen LogP contribution in [-0.2, 0) is 19.1 Å². The summed E-state index contributed by atoms with van der Waals surface area (Å²) < 4.78 is 42.1. The standard InChI is InChI=1S/C18H22F3N3O2S/c1-11(2)7-14-10-27-17(23(14)9-12(3)4)22-16-6-5-13(24(25)26)8-15(16)18(19,20)21/h5-6,8,10-12H,7,9H2,1-4H3. The van der Waals surface area contributed by atoms with Crippen LogP contribution in [0.2, 0.25) is 0 Å². The topological polar surface area (TPSA) is 60.4 Å². The number of halogens is 3. The van der Waals surface area contributed by atoms with Gasteiger partial charge in [-0.15, -0.1) is 11.3 Å². The predicted octanol–water partition coefficient (Wildman–Crippen LogP) is 5.56. The second-order valence-electron chi connectivity index (χ2n) is 7.18. The molecule has 148 valence electrons. The van der Waals surface area contributed by atoms with Crippen molar-refractivity contribution in [3.8, 4) is 0 Å². The molecule has 0 atom stereocenters. The van der Waals surface area contributed by atoms with Gasteiger partial charge in [-0.2, -0.15) is 13.2 Å². The highest BCUT2D eigenvalue weighted by atomic mass is 32.1. The van der Waals surface area contributed by atoms with Crippen LogP contribution in [0.3, 0.4) is 0 Å². The van der Waals surface area contributed by atoms with Gasteiger partial charge in [0.05, 0.1) is 16.2 Å². The molecule has 0 bridgehead atoms. The van der Waals surface area contributed by atoms with Crippen LogP contribution in [0, 0.1) is 22.0 Å². The van der Waals surface area contributed by atoms with Gasteiger partial charge in [-0.25, -0.2) is 4.99 Å². The highest BCUT2D eigenvalue weighted by molar-refractivity contribution is 7.07. The molecule has 0 aliphatic carbocycles. The fourth-order valence-corrected chi connectivity index (χ4v) is 3.59. The van der Waals surface area contributed by atoms with E-state index in [9.17, 15) is 23.3 Å². The largest absolute Gasteiger partial charge is 0.418 e. The third-order valence-corrected chi connectivity index (χ3v) is 4.67. The first-order valence-corrected chi connectivity index (χ1v) is 9.44. The number of benzene rings is 1. The molecule has 0 saturated carbocycles. The maximum absolute atomic E-state index is 13.4. The molecule has 1 aromatic heterocycles. The van der Waals surface area contributed by atoms with Crippen LogP contribution in [0.25, 0.3) is 0 Å². The summed E-state index contributed by atoms with van der Waals surface area (Å²) in [4.78, 5) is 14.7. The van der Waals surface area contributed by atoms with E-state index in [2.05, 4.69) is 18.8 Å². The highest BCUT2D eigenvalue weighted by Crippen LogP contribution is 2.38. The molecule has 1 aromatic carbocycles. The zero-order valence-corrected chi connectivity index (χ0v) is 16.4. The highest BCUT2D eigenvalue weighted by Gasteiger charge is 2.35. The third kappa shape index (κ3) is 5.41. The quantitative estimate of drug-likeness (QED) is 0.470. The number of hydrogen-bond acceptors (Lipinski definition) is 4. The van der Waals surface area contributed by atoms with E-state index in [0.717, 1.165) is 24.2 Å². The van der Waals surface area contributed by atoms with Crippen molar-refractivity contribution in [1.29, 1.82) is 0 Å². The second-order valence-corrected chi connectivity index (χ2v) is 8.02. The molecular weight excluding hydrogens is 379 g/mol. The summed E-state index contributed by atoms with van der Waals surface area (Å²) in [5.41, 5.74) is -1.00. The molecule has 2 rings (SSSR count). The molecule has 0 aliphatic rings. The molecule has 2 aromatic rings. The summed E-state index contributed by atoms with van der Waals surface area (Å²) in [5, 5.41) is 12.8. The molecule has 0 fully saturated rings. The second kappa shape index (κ2) is 8.24. The molecule has 0 N–H and O–H groups in total. The number of thiazole rings is 1. The van der Waals surface area contributed by atoms with Crippen LogP contribution in [0.5, 0.6) is 0 Å². The van der Waals surface area contributed by atoms with Gasteiger partial charge in [0.2, 0.25) is 0 Å². The molecule has 5 nitrogen and oxygen atoms in total. The molecule has 0 aliphatic heterocycles. The average Bonchev–Trinajstić information content (AvgIpc) is 2.87. The zero-order valence-electron chi connectivity index (χ0n) is 15.6. The van der Waals surface area contributed by atoms with E-state index in [0.29, 0.717) is 29.2 Å². The van der Waals surface area contributed by atoms with Crippen molar-refractivity contribution in [2.24, 2.45) is 16.8 Å². The fraction of sp³-hybridized carbons (Fsp3) is 0.500. The van der Waals surface area contributed by atoms with E-state index in [-0.39, 0.29) is 5.69 Å². The number of hydrogen-bond donors (Lipinski definition) is 0. The van der Waals surface area contributed by atoms with E-state index in [1.807, 2.05) is 23.8 Å². The van der Waals surface area contributed by atoms with E-state index >= 15 is 0 Å². The first-order chi connectivity index (χ1) is 12.5. The Bertz CT molecular complexity index is 883. The van der Waals surface area contributed by atoms with Crippen molar-refractivity contribution in [2.75, 3.05) is 0 Å². The van der Waals surface area contributed by atoms with Crippen molar-refractivity contribution in [2.45, 2.75) is 46.8 Å². The fourth-order valence-electron chi connectivity index (χ4n) is 2.66. The SMILES string of the molecule is CC(C)Cc1csc(=Nc2ccc([N+](=O)[O-])cc2C(F)(F)F)n1CC(C)C. The lowest BCUT2D eigenvalue weighted by Crippen LogP contribution is -2.21. The summed E-state index contributed by atoms with van der Waals surface area (Å²) in [6.45, 7) is 8.85. The van der Waals surface area contributed by atoms with Crippen molar-refractivity contribution >= 4 is 22.7 Å². The van der Waals surface area contributed by atoms with Gasteiger partial charge in [-0.3, -0.25) is 10.1 Å². The van der Waals surface area contributed by atoms with Crippen LogP contribution in [0.15, 0.2) is 28.6 Å². The average molecular weight is 401 g/mol. The van der Waals surface area contributed by atoms with Crippen LogP contribution >= 0.6 is 11.3 Å². The van der Waals surface area contributed by atoms with Gasteiger partial charge in [0.25, 0.3) is 5.69 Å². The zero-order chi connectivity index (χ0) is 20.4. The Morgan fingerprint density at radius 3 is 2.41 bits per heavy atom.